The summed E-state index contributed by atoms with van der Waals surface area (Å²) in [5.41, 5.74) is 1.39. The number of guanidine groups is 1. The van der Waals surface area contributed by atoms with Crippen LogP contribution in [-0.2, 0) is 11.3 Å². The summed E-state index contributed by atoms with van der Waals surface area (Å²) in [4.78, 5) is 4.84. The average molecular weight is 373 g/mol. The highest BCUT2D eigenvalue weighted by molar-refractivity contribution is 5.80. The fourth-order valence-electron chi connectivity index (χ4n) is 5.07. The van der Waals surface area contributed by atoms with Crippen LogP contribution in [0.5, 0.6) is 11.5 Å². The molecule has 1 saturated heterocycles. The lowest BCUT2D eigenvalue weighted by atomic mass is 9.46. The maximum Gasteiger partial charge on any atom is 0.191 e. The molecule has 148 valence electrons. The first-order valence-electron chi connectivity index (χ1n) is 10.1. The first-order valence-corrected chi connectivity index (χ1v) is 10.1. The van der Waals surface area contributed by atoms with Crippen LogP contribution >= 0.6 is 0 Å². The zero-order valence-electron chi connectivity index (χ0n) is 16.6. The van der Waals surface area contributed by atoms with E-state index < -0.39 is 0 Å². The number of rotatable bonds is 6. The van der Waals surface area contributed by atoms with Crippen LogP contribution < -0.4 is 20.1 Å². The van der Waals surface area contributed by atoms with Crippen molar-refractivity contribution < 1.29 is 14.2 Å². The summed E-state index contributed by atoms with van der Waals surface area (Å²) in [6.07, 6.45) is 5.50. The number of hydrogen-bond donors (Lipinski definition) is 2. The van der Waals surface area contributed by atoms with Gasteiger partial charge in [-0.2, -0.15) is 0 Å². The highest BCUT2D eigenvalue weighted by atomic mass is 16.5. The smallest absolute Gasteiger partial charge is 0.191 e. The Balaban J connectivity index is 1.48. The first kappa shape index (κ1) is 18.4. The van der Waals surface area contributed by atoms with Gasteiger partial charge in [-0.3, -0.25) is 0 Å². The Kier molecular flexibility index (Phi) is 5.17. The Morgan fingerprint density at radius 3 is 2.81 bits per heavy atom. The van der Waals surface area contributed by atoms with Gasteiger partial charge in [-0.1, -0.05) is 6.42 Å². The normalized spacial score (nSPS) is 28.1. The molecule has 1 heterocycles. The van der Waals surface area contributed by atoms with Crippen molar-refractivity contribution in [2.75, 3.05) is 27.4 Å². The van der Waals surface area contributed by atoms with E-state index in [1.54, 1.807) is 14.2 Å². The molecule has 6 heteroatoms. The molecule has 3 atom stereocenters. The van der Waals surface area contributed by atoms with Gasteiger partial charge in [0, 0.05) is 42.2 Å². The number of nitrogens with zero attached hydrogens (tertiary/aromatic N) is 1. The third-order valence-electron chi connectivity index (χ3n) is 6.57. The number of aliphatic imine (C=N–C) groups is 1. The number of ether oxygens (including phenoxy) is 3. The summed E-state index contributed by atoms with van der Waals surface area (Å²) < 4.78 is 16.8. The molecule has 1 aromatic rings. The third kappa shape index (κ3) is 3.14. The van der Waals surface area contributed by atoms with Gasteiger partial charge < -0.3 is 24.8 Å². The molecule has 27 heavy (non-hydrogen) atoms. The molecular weight excluding hydrogens is 342 g/mol. The summed E-state index contributed by atoms with van der Waals surface area (Å²) in [5, 5.41) is 7.15. The molecule has 2 saturated carbocycles. The molecule has 3 unspecified atom stereocenters. The van der Waals surface area contributed by atoms with E-state index in [9.17, 15) is 0 Å². The minimum absolute atomic E-state index is 0.342. The van der Waals surface area contributed by atoms with Crippen LogP contribution in [0.3, 0.4) is 0 Å². The molecule has 1 spiro atoms. The molecule has 0 aromatic heterocycles. The second-order valence-corrected chi connectivity index (χ2v) is 7.83. The molecular formula is C21H31N3O3. The van der Waals surface area contributed by atoms with Gasteiger partial charge in [0.25, 0.3) is 0 Å². The minimum Gasteiger partial charge on any atom is -0.497 e. The van der Waals surface area contributed by atoms with Gasteiger partial charge in [0.1, 0.15) is 11.5 Å². The van der Waals surface area contributed by atoms with Gasteiger partial charge in [0.05, 0.1) is 26.9 Å². The summed E-state index contributed by atoms with van der Waals surface area (Å²) in [6, 6.07) is 6.35. The van der Waals surface area contributed by atoms with Crippen molar-refractivity contribution in [3.8, 4) is 11.5 Å². The standard InChI is InChI=1S/C21H31N3O3/c1-4-22-20(23-13-14-6-7-15(25-2)12-17(14)26-3)24-18-16-8-11-27-19(16)21(18)9-5-10-21/h6-7,12,16,18-19H,4-5,8-11,13H2,1-3H3,(H2,22,23,24). The van der Waals surface area contributed by atoms with Crippen molar-refractivity contribution in [1.29, 1.82) is 0 Å². The van der Waals surface area contributed by atoms with Crippen LogP contribution in [0.2, 0.25) is 0 Å². The number of fused-ring (bicyclic) bond motifs is 2. The molecule has 4 rings (SSSR count). The second kappa shape index (κ2) is 7.58. The van der Waals surface area contributed by atoms with Gasteiger partial charge in [0.15, 0.2) is 5.96 Å². The molecule has 0 radical (unpaired) electrons. The SMILES string of the molecule is CCNC(=NCc1ccc(OC)cc1OC)NC1C2CCOC2C12CCC2. The Morgan fingerprint density at radius 2 is 2.15 bits per heavy atom. The van der Waals surface area contributed by atoms with Crippen molar-refractivity contribution in [2.24, 2.45) is 16.3 Å². The van der Waals surface area contributed by atoms with Crippen LogP contribution in [0.25, 0.3) is 0 Å². The second-order valence-electron chi connectivity index (χ2n) is 7.83. The van der Waals surface area contributed by atoms with Crippen molar-refractivity contribution in [3.05, 3.63) is 23.8 Å². The van der Waals surface area contributed by atoms with Crippen LogP contribution in [0.15, 0.2) is 23.2 Å². The quantitative estimate of drug-likeness (QED) is 0.593. The Labute approximate surface area is 161 Å². The number of benzene rings is 1. The van der Waals surface area contributed by atoms with E-state index in [4.69, 9.17) is 19.2 Å². The zero-order valence-corrected chi connectivity index (χ0v) is 16.6. The topological polar surface area (TPSA) is 64.1 Å². The molecule has 1 aromatic carbocycles. The maximum atomic E-state index is 6.03. The predicted octanol–water partition coefficient (Wildman–Crippen LogP) is 2.72. The molecule has 3 fully saturated rings. The van der Waals surface area contributed by atoms with Gasteiger partial charge in [0.2, 0.25) is 0 Å². The Hall–Kier alpha value is -1.95. The van der Waals surface area contributed by atoms with Gasteiger partial charge >= 0.3 is 0 Å². The lowest BCUT2D eigenvalue weighted by Crippen LogP contribution is -2.72. The van der Waals surface area contributed by atoms with E-state index in [1.165, 1.54) is 19.3 Å². The number of methoxy groups -OCH3 is 2. The van der Waals surface area contributed by atoms with Crippen LogP contribution in [0.4, 0.5) is 0 Å². The predicted molar refractivity (Wildman–Crippen MR) is 105 cm³/mol. The van der Waals surface area contributed by atoms with E-state index >= 15 is 0 Å². The van der Waals surface area contributed by atoms with Gasteiger partial charge in [-0.25, -0.2) is 4.99 Å². The average Bonchev–Trinajstić information content (AvgIpc) is 3.07. The van der Waals surface area contributed by atoms with Crippen molar-refractivity contribution in [3.63, 3.8) is 0 Å². The van der Waals surface area contributed by atoms with Crippen molar-refractivity contribution in [1.82, 2.24) is 10.6 Å². The van der Waals surface area contributed by atoms with Gasteiger partial charge in [-0.15, -0.1) is 0 Å². The lowest BCUT2D eigenvalue weighted by molar-refractivity contribution is -0.171. The molecule has 0 amide bonds. The molecule has 0 bridgehead atoms. The molecule has 3 aliphatic rings. The highest BCUT2D eigenvalue weighted by Crippen LogP contribution is 2.62. The van der Waals surface area contributed by atoms with E-state index in [-0.39, 0.29) is 0 Å². The van der Waals surface area contributed by atoms with Gasteiger partial charge in [-0.05, 0) is 38.3 Å². The Bertz CT molecular complexity index is 702. The van der Waals surface area contributed by atoms with Crippen LogP contribution in [-0.4, -0.2) is 45.5 Å². The van der Waals surface area contributed by atoms with E-state index in [0.717, 1.165) is 42.6 Å². The Morgan fingerprint density at radius 1 is 1.30 bits per heavy atom. The fraction of sp³-hybridized carbons (Fsp3) is 0.667. The number of nitrogens with one attached hydrogen (secondary N) is 2. The molecule has 1 aliphatic heterocycles. The fourth-order valence-corrected chi connectivity index (χ4v) is 5.07. The summed E-state index contributed by atoms with van der Waals surface area (Å²) >= 11 is 0. The largest absolute Gasteiger partial charge is 0.497 e. The number of hydrogen-bond acceptors (Lipinski definition) is 4. The van der Waals surface area contributed by atoms with Crippen LogP contribution in [0.1, 0.15) is 38.2 Å². The summed E-state index contributed by atoms with van der Waals surface area (Å²) in [7, 11) is 3.34. The molecule has 2 aliphatic carbocycles. The van der Waals surface area contributed by atoms with E-state index in [2.05, 4.69) is 17.6 Å². The first-order chi connectivity index (χ1) is 13.2. The summed E-state index contributed by atoms with van der Waals surface area (Å²) in [6.45, 7) is 4.42. The van der Waals surface area contributed by atoms with Crippen LogP contribution in [0, 0.1) is 11.3 Å². The van der Waals surface area contributed by atoms with E-state index in [0.29, 0.717) is 30.0 Å². The zero-order chi connectivity index (χ0) is 18.9. The van der Waals surface area contributed by atoms with Crippen molar-refractivity contribution in [2.45, 2.75) is 51.3 Å². The molecule has 2 N–H and O–H groups in total. The highest BCUT2D eigenvalue weighted by Gasteiger charge is 2.66. The lowest BCUT2D eigenvalue weighted by Gasteiger charge is -2.63. The maximum absolute atomic E-state index is 6.03. The minimum atomic E-state index is 0.342. The van der Waals surface area contributed by atoms with E-state index in [1.807, 2.05) is 18.2 Å². The monoisotopic (exact) mass is 373 g/mol. The van der Waals surface area contributed by atoms with Crippen molar-refractivity contribution >= 4 is 5.96 Å². The summed E-state index contributed by atoms with van der Waals surface area (Å²) in [5.74, 6) is 3.11. The molecule has 6 nitrogen and oxygen atoms in total. The third-order valence-corrected chi connectivity index (χ3v) is 6.57.